The van der Waals surface area contributed by atoms with Crippen LogP contribution in [0.2, 0.25) is 0 Å². The van der Waals surface area contributed by atoms with Crippen molar-refractivity contribution in [2.45, 2.75) is 25.3 Å². The molecule has 2 aliphatic heterocycles. The van der Waals surface area contributed by atoms with E-state index in [1.165, 1.54) is 9.88 Å². The average Bonchev–Trinajstić information content (AvgIpc) is 3.67. The quantitative estimate of drug-likeness (QED) is 0.345. The first kappa shape index (κ1) is 23.9. The summed E-state index contributed by atoms with van der Waals surface area (Å²) in [5, 5.41) is 24.4. The molecule has 5 heterocycles. The molecule has 0 spiro atoms. The number of H-pyrrole nitrogens is 1. The van der Waals surface area contributed by atoms with E-state index >= 15 is 0 Å². The first-order chi connectivity index (χ1) is 17.5. The number of nitrogens with zero attached hydrogens (tertiary/aromatic N) is 4. The molecule has 0 amide bonds. The monoisotopic (exact) mass is 531 g/mol. The lowest BCUT2D eigenvalue weighted by Crippen LogP contribution is -2.41. The number of aromatic amines is 1. The molecule has 4 N–H and O–H groups in total. The van der Waals surface area contributed by atoms with E-state index in [1.54, 1.807) is 11.3 Å². The summed E-state index contributed by atoms with van der Waals surface area (Å²) in [6, 6.07) is 2.24. The zero-order valence-electron chi connectivity index (χ0n) is 19.7. The molecule has 6 rings (SSSR count). The zero-order chi connectivity index (χ0) is 24.7. The predicted octanol–water partition coefficient (Wildman–Crippen LogP) is 1.83. The standard InChI is InChI=1S/C23H29N7O4S2/c31-6-5-26-36(32,33)30-12-15-9-17(10-16(15)13-30)27-20-18-1-4-24-21(18)25-11-19(20)23-29-28-22(35-23)14-2-7-34-8-3-14/h1-2,4,11,15-17,26,31H,3,5-10,12-13H2,(H2,24,25,27)/t15-,16+,17?. The summed E-state index contributed by atoms with van der Waals surface area (Å²) >= 11 is 1.57. The molecule has 36 heavy (non-hydrogen) atoms. The molecule has 2 fully saturated rings. The summed E-state index contributed by atoms with van der Waals surface area (Å²) < 4.78 is 34.4. The minimum atomic E-state index is -3.55. The van der Waals surface area contributed by atoms with Crippen molar-refractivity contribution in [1.82, 2.24) is 29.2 Å². The van der Waals surface area contributed by atoms with Gasteiger partial charge in [-0.3, -0.25) is 0 Å². The number of hydrogen-bond donors (Lipinski definition) is 4. The molecule has 1 saturated heterocycles. The van der Waals surface area contributed by atoms with Crippen LogP contribution in [0.4, 0.5) is 5.69 Å². The van der Waals surface area contributed by atoms with Crippen LogP contribution in [-0.2, 0) is 14.9 Å². The van der Waals surface area contributed by atoms with Gasteiger partial charge in [-0.1, -0.05) is 17.4 Å². The number of fused-ring (bicyclic) bond motifs is 2. The number of pyridine rings is 1. The summed E-state index contributed by atoms with van der Waals surface area (Å²) in [4.78, 5) is 7.80. The molecule has 3 aromatic heterocycles. The maximum absolute atomic E-state index is 12.5. The van der Waals surface area contributed by atoms with Crippen LogP contribution >= 0.6 is 11.3 Å². The number of aliphatic hydroxyl groups excluding tert-OH is 1. The van der Waals surface area contributed by atoms with E-state index < -0.39 is 10.2 Å². The molecule has 1 saturated carbocycles. The van der Waals surface area contributed by atoms with E-state index in [0.717, 1.165) is 51.6 Å². The third-order valence-corrected chi connectivity index (χ3v) is 9.86. The average molecular weight is 532 g/mol. The third-order valence-electron chi connectivity index (χ3n) is 7.28. The first-order valence-corrected chi connectivity index (χ1v) is 14.5. The van der Waals surface area contributed by atoms with Crippen molar-refractivity contribution in [3.63, 3.8) is 0 Å². The van der Waals surface area contributed by atoms with Gasteiger partial charge in [0, 0.05) is 43.5 Å². The van der Waals surface area contributed by atoms with Crippen molar-refractivity contribution >= 4 is 43.8 Å². The minimum absolute atomic E-state index is 0.0359. The van der Waals surface area contributed by atoms with Crippen LogP contribution < -0.4 is 10.0 Å². The van der Waals surface area contributed by atoms with E-state index in [4.69, 9.17) is 9.84 Å². The number of rotatable bonds is 8. The van der Waals surface area contributed by atoms with Crippen molar-refractivity contribution in [3.05, 3.63) is 29.5 Å². The van der Waals surface area contributed by atoms with Crippen LogP contribution in [-0.4, -0.2) is 83.5 Å². The fourth-order valence-corrected chi connectivity index (χ4v) is 7.78. The summed E-state index contributed by atoms with van der Waals surface area (Å²) in [5.74, 6) is 0.600. The van der Waals surface area contributed by atoms with E-state index in [2.05, 4.69) is 36.3 Å². The lowest BCUT2D eigenvalue weighted by Gasteiger charge is -2.21. The Hall–Kier alpha value is -2.42. The van der Waals surface area contributed by atoms with Gasteiger partial charge in [-0.15, -0.1) is 10.2 Å². The summed E-state index contributed by atoms with van der Waals surface area (Å²) in [6.45, 7) is 2.14. The van der Waals surface area contributed by atoms with Gasteiger partial charge in [-0.25, -0.2) is 4.98 Å². The molecule has 0 radical (unpaired) electrons. The van der Waals surface area contributed by atoms with E-state index in [9.17, 15) is 8.42 Å². The van der Waals surface area contributed by atoms with Crippen molar-refractivity contribution in [1.29, 1.82) is 0 Å². The SMILES string of the molecule is O=S(=O)(NCCO)N1C[C@H]2CC(Nc3c(-c4nnc(C5=CCOCC5)s4)cnc4[nH]ccc34)C[C@H]2C1. The second kappa shape index (κ2) is 9.80. The van der Waals surface area contributed by atoms with Gasteiger partial charge in [0.25, 0.3) is 10.2 Å². The molecular weight excluding hydrogens is 502 g/mol. The van der Waals surface area contributed by atoms with E-state index in [0.29, 0.717) is 38.1 Å². The molecule has 3 atom stereocenters. The number of anilines is 1. The van der Waals surface area contributed by atoms with Crippen LogP contribution in [0.1, 0.15) is 24.3 Å². The molecule has 1 aliphatic carbocycles. The number of aliphatic hydroxyl groups is 1. The fraction of sp³-hybridized carbons (Fsp3) is 0.522. The topological polar surface area (TPSA) is 145 Å². The Bertz CT molecular complexity index is 1370. The summed E-state index contributed by atoms with van der Waals surface area (Å²) in [7, 11) is -3.55. The number of aromatic nitrogens is 4. The number of nitrogens with one attached hydrogen (secondary N) is 3. The molecule has 13 heteroatoms. The third kappa shape index (κ3) is 4.55. The highest BCUT2D eigenvalue weighted by atomic mass is 32.2. The Morgan fingerprint density at radius 3 is 2.78 bits per heavy atom. The first-order valence-electron chi connectivity index (χ1n) is 12.2. The fourth-order valence-electron chi connectivity index (χ4n) is 5.55. The van der Waals surface area contributed by atoms with Gasteiger partial charge in [-0.2, -0.15) is 17.4 Å². The highest BCUT2D eigenvalue weighted by molar-refractivity contribution is 7.87. The number of ether oxygens (including phenoxy) is 1. The van der Waals surface area contributed by atoms with Gasteiger partial charge in [-0.05, 0) is 42.7 Å². The maximum atomic E-state index is 12.5. The normalized spacial score (nSPS) is 24.8. The highest BCUT2D eigenvalue weighted by Crippen LogP contribution is 2.43. The number of hydrogen-bond acceptors (Lipinski definition) is 9. The van der Waals surface area contributed by atoms with Gasteiger partial charge >= 0.3 is 0 Å². The molecule has 11 nitrogen and oxygen atoms in total. The van der Waals surface area contributed by atoms with E-state index in [1.807, 2.05) is 18.5 Å². The Balaban J connectivity index is 1.22. The lowest BCUT2D eigenvalue weighted by atomic mass is 10.0. The predicted molar refractivity (Wildman–Crippen MR) is 138 cm³/mol. The summed E-state index contributed by atoms with van der Waals surface area (Å²) in [5.41, 5.74) is 3.90. The smallest absolute Gasteiger partial charge is 0.279 e. The Morgan fingerprint density at radius 2 is 2.03 bits per heavy atom. The Kier molecular flexibility index (Phi) is 6.52. The molecule has 1 unspecified atom stereocenters. The molecule has 3 aromatic rings. The summed E-state index contributed by atoms with van der Waals surface area (Å²) in [6.07, 6.45) is 8.41. The van der Waals surface area contributed by atoms with Crippen molar-refractivity contribution in [2.75, 3.05) is 44.8 Å². The Labute approximate surface area is 213 Å². The van der Waals surface area contributed by atoms with Crippen molar-refractivity contribution in [2.24, 2.45) is 11.8 Å². The molecule has 0 bridgehead atoms. The van der Waals surface area contributed by atoms with Crippen LogP contribution in [0.25, 0.3) is 27.2 Å². The molecule has 192 valence electrons. The van der Waals surface area contributed by atoms with Gasteiger partial charge < -0.3 is 20.1 Å². The highest BCUT2D eigenvalue weighted by Gasteiger charge is 2.44. The van der Waals surface area contributed by atoms with Gasteiger partial charge in [0.1, 0.15) is 10.7 Å². The lowest BCUT2D eigenvalue weighted by molar-refractivity contribution is 0.161. The van der Waals surface area contributed by atoms with E-state index in [-0.39, 0.29) is 19.2 Å². The van der Waals surface area contributed by atoms with Crippen LogP contribution in [0.3, 0.4) is 0 Å². The molecule has 0 aromatic carbocycles. The second-order valence-electron chi connectivity index (χ2n) is 9.53. The maximum Gasteiger partial charge on any atom is 0.279 e. The van der Waals surface area contributed by atoms with Crippen molar-refractivity contribution < 1.29 is 18.3 Å². The van der Waals surface area contributed by atoms with Crippen molar-refractivity contribution in [3.8, 4) is 10.6 Å². The van der Waals surface area contributed by atoms with Gasteiger partial charge in [0.15, 0.2) is 5.01 Å². The second-order valence-corrected chi connectivity index (χ2v) is 12.3. The van der Waals surface area contributed by atoms with Crippen LogP contribution in [0, 0.1) is 11.8 Å². The largest absolute Gasteiger partial charge is 0.395 e. The molecule has 3 aliphatic rings. The van der Waals surface area contributed by atoms with Crippen LogP contribution in [0.5, 0.6) is 0 Å². The van der Waals surface area contributed by atoms with Gasteiger partial charge in [0.05, 0.1) is 31.1 Å². The molecular formula is C23H29N7O4S2. The minimum Gasteiger partial charge on any atom is -0.395 e. The van der Waals surface area contributed by atoms with Gasteiger partial charge in [0.2, 0.25) is 0 Å². The van der Waals surface area contributed by atoms with Crippen LogP contribution in [0.15, 0.2) is 24.5 Å². The zero-order valence-corrected chi connectivity index (χ0v) is 21.3. The Morgan fingerprint density at radius 1 is 1.22 bits per heavy atom.